The molecule has 0 saturated heterocycles. The van der Waals surface area contributed by atoms with Crippen LogP contribution in [0.25, 0.3) is 0 Å². The predicted octanol–water partition coefficient (Wildman–Crippen LogP) is 1.54. The molecule has 0 radical (unpaired) electrons. The zero-order valence-corrected chi connectivity index (χ0v) is 9.19. The minimum atomic E-state index is -0.248. The zero-order valence-electron chi connectivity index (χ0n) is 9.19. The fourth-order valence-corrected chi connectivity index (χ4v) is 1.45. The van der Waals surface area contributed by atoms with E-state index < -0.39 is 0 Å². The molecule has 0 aromatic heterocycles. The monoisotopic (exact) mass is 221 g/mol. The van der Waals surface area contributed by atoms with Gasteiger partial charge in [0, 0.05) is 7.05 Å². The van der Waals surface area contributed by atoms with Crippen LogP contribution in [0.15, 0.2) is 18.2 Å². The Morgan fingerprint density at radius 2 is 2.31 bits per heavy atom. The lowest BCUT2D eigenvalue weighted by Crippen LogP contribution is -2.19. The highest BCUT2D eigenvalue weighted by atomic mass is 16.5. The molecule has 1 aliphatic carbocycles. The molecule has 2 N–H and O–H groups in total. The van der Waals surface area contributed by atoms with E-state index in [1.54, 1.807) is 13.1 Å². The molecule has 4 nitrogen and oxygen atoms in total. The van der Waals surface area contributed by atoms with E-state index in [9.17, 15) is 9.90 Å². The molecule has 4 heteroatoms. The Labute approximate surface area is 94.2 Å². The second kappa shape index (κ2) is 4.43. The molecule has 16 heavy (non-hydrogen) atoms. The molecular weight excluding hydrogens is 206 g/mol. The van der Waals surface area contributed by atoms with Crippen molar-refractivity contribution in [3.8, 4) is 11.5 Å². The summed E-state index contributed by atoms with van der Waals surface area (Å²) < 4.78 is 5.57. The molecule has 1 amide bonds. The topological polar surface area (TPSA) is 58.6 Å². The van der Waals surface area contributed by atoms with Gasteiger partial charge in [-0.3, -0.25) is 4.79 Å². The highest BCUT2D eigenvalue weighted by Crippen LogP contribution is 2.31. The normalized spacial score (nSPS) is 14.6. The lowest BCUT2D eigenvalue weighted by molar-refractivity contribution is 0.0958. The third kappa shape index (κ3) is 2.45. The number of phenolic OH excluding ortho intramolecular Hbond substituents is 1. The summed E-state index contributed by atoms with van der Waals surface area (Å²) in [7, 11) is 1.55. The number of ether oxygens (including phenoxy) is 1. The maximum atomic E-state index is 11.5. The van der Waals surface area contributed by atoms with Gasteiger partial charge in [-0.2, -0.15) is 0 Å². The predicted molar refractivity (Wildman–Crippen MR) is 59.7 cm³/mol. The van der Waals surface area contributed by atoms with E-state index in [1.165, 1.54) is 25.0 Å². The largest absolute Gasteiger partial charge is 0.508 e. The van der Waals surface area contributed by atoms with Crippen molar-refractivity contribution in [2.75, 3.05) is 13.7 Å². The molecular formula is C12H15NO3. The van der Waals surface area contributed by atoms with Crippen molar-refractivity contribution in [3.63, 3.8) is 0 Å². The standard InChI is InChI=1S/C12H15NO3/c1-13-12(15)10-6-9(14)4-5-11(10)16-7-8-2-3-8/h4-6,8,14H,2-3,7H2,1H3,(H,13,15). The number of hydrogen-bond donors (Lipinski definition) is 2. The van der Waals surface area contributed by atoms with Gasteiger partial charge in [-0.05, 0) is 37.0 Å². The quantitative estimate of drug-likeness (QED) is 0.810. The molecule has 0 unspecified atom stereocenters. The molecule has 1 aromatic carbocycles. The van der Waals surface area contributed by atoms with Crippen molar-refractivity contribution in [2.45, 2.75) is 12.8 Å². The van der Waals surface area contributed by atoms with Gasteiger partial charge in [0.05, 0.1) is 12.2 Å². The van der Waals surface area contributed by atoms with E-state index in [1.807, 2.05) is 0 Å². The van der Waals surface area contributed by atoms with Gasteiger partial charge in [-0.1, -0.05) is 0 Å². The molecule has 0 bridgehead atoms. The van der Waals surface area contributed by atoms with Crippen LogP contribution in [-0.4, -0.2) is 24.7 Å². The fraction of sp³-hybridized carbons (Fsp3) is 0.417. The van der Waals surface area contributed by atoms with Crippen LogP contribution in [0, 0.1) is 5.92 Å². The summed E-state index contributed by atoms with van der Waals surface area (Å²) in [6.45, 7) is 0.648. The minimum Gasteiger partial charge on any atom is -0.508 e. The Kier molecular flexibility index (Phi) is 2.99. The van der Waals surface area contributed by atoms with E-state index >= 15 is 0 Å². The second-order valence-corrected chi connectivity index (χ2v) is 4.01. The Morgan fingerprint density at radius 1 is 1.56 bits per heavy atom. The number of nitrogens with one attached hydrogen (secondary N) is 1. The van der Waals surface area contributed by atoms with Crippen LogP contribution in [0.3, 0.4) is 0 Å². The first-order chi connectivity index (χ1) is 7.70. The first kappa shape index (κ1) is 10.8. The smallest absolute Gasteiger partial charge is 0.254 e. The van der Waals surface area contributed by atoms with E-state index in [0.717, 1.165) is 0 Å². The van der Waals surface area contributed by atoms with Crippen LogP contribution in [0.4, 0.5) is 0 Å². The van der Waals surface area contributed by atoms with Gasteiger partial charge in [0.2, 0.25) is 0 Å². The maximum absolute atomic E-state index is 11.5. The molecule has 1 fully saturated rings. The Morgan fingerprint density at radius 3 is 2.94 bits per heavy atom. The number of carbonyl (C=O) groups excluding carboxylic acids is 1. The second-order valence-electron chi connectivity index (χ2n) is 4.01. The van der Waals surface area contributed by atoms with Crippen molar-refractivity contribution in [3.05, 3.63) is 23.8 Å². The third-order valence-electron chi connectivity index (χ3n) is 2.61. The van der Waals surface area contributed by atoms with Crippen molar-refractivity contribution in [2.24, 2.45) is 5.92 Å². The molecule has 0 spiro atoms. The highest BCUT2D eigenvalue weighted by Gasteiger charge is 2.23. The van der Waals surface area contributed by atoms with Crippen molar-refractivity contribution >= 4 is 5.91 Å². The zero-order chi connectivity index (χ0) is 11.5. The number of amides is 1. The molecule has 1 saturated carbocycles. The third-order valence-corrected chi connectivity index (χ3v) is 2.61. The summed E-state index contributed by atoms with van der Waals surface area (Å²) in [5.41, 5.74) is 0.378. The number of phenols is 1. The van der Waals surface area contributed by atoms with E-state index in [4.69, 9.17) is 4.74 Å². The molecule has 0 atom stereocenters. The molecule has 1 aliphatic rings. The number of benzene rings is 1. The average Bonchev–Trinajstić information content (AvgIpc) is 3.10. The first-order valence-electron chi connectivity index (χ1n) is 5.38. The van der Waals surface area contributed by atoms with Gasteiger partial charge in [0.1, 0.15) is 11.5 Å². The first-order valence-corrected chi connectivity index (χ1v) is 5.38. The van der Waals surface area contributed by atoms with Crippen LogP contribution in [-0.2, 0) is 0 Å². The highest BCUT2D eigenvalue weighted by molar-refractivity contribution is 5.97. The lowest BCUT2D eigenvalue weighted by Gasteiger charge is -2.10. The van der Waals surface area contributed by atoms with E-state index in [2.05, 4.69) is 5.32 Å². The van der Waals surface area contributed by atoms with Crippen molar-refractivity contribution < 1.29 is 14.6 Å². The maximum Gasteiger partial charge on any atom is 0.254 e. The lowest BCUT2D eigenvalue weighted by atomic mass is 10.1. The van der Waals surface area contributed by atoms with Gasteiger partial charge in [-0.15, -0.1) is 0 Å². The molecule has 0 heterocycles. The Hall–Kier alpha value is -1.71. The number of carbonyl (C=O) groups is 1. The number of hydrogen-bond acceptors (Lipinski definition) is 3. The summed E-state index contributed by atoms with van der Waals surface area (Å²) >= 11 is 0. The van der Waals surface area contributed by atoms with Gasteiger partial charge in [0.15, 0.2) is 0 Å². The van der Waals surface area contributed by atoms with Crippen molar-refractivity contribution in [1.29, 1.82) is 0 Å². The SMILES string of the molecule is CNC(=O)c1cc(O)ccc1OCC1CC1. The summed E-state index contributed by atoms with van der Waals surface area (Å²) in [6.07, 6.45) is 2.40. The minimum absolute atomic E-state index is 0.0670. The summed E-state index contributed by atoms with van der Waals surface area (Å²) in [5.74, 6) is 0.981. The molecule has 2 rings (SSSR count). The molecule has 1 aromatic rings. The van der Waals surface area contributed by atoms with Crippen LogP contribution in [0.2, 0.25) is 0 Å². The summed E-state index contributed by atoms with van der Waals surface area (Å²) in [5, 5.41) is 11.9. The van der Waals surface area contributed by atoms with Gasteiger partial charge >= 0.3 is 0 Å². The van der Waals surface area contributed by atoms with Crippen LogP contribution in [0.5, 0.6) is 11.5 Å². The summed E-state index contributed by atoms with van der Waals surface area (Å²) in [4.78, 5) is 11.5. The Balaban J connectivity index is 2.16. The number of rotatable bonds is 4. The molecule has 0 aliphatic heterocycles. The van der Waals surface area contributed by atoms with Gasteiger partial charge in [-0.25, -0.2) is 0 Å². The average molecular weight is 221 g/mol. The number of aromatic hydroxyl groups is 1. The molecule has 86 valence electrons. The van der Waals surface area contributed by atoms with Gasteiger partial charge < -0.3 is 15.2 Å². The van der Waals surface area contributed by atoms with Crippen LogP contribution in [0.1, 0.15) is 23.2 Å². The fourth-order valence-electron chi connectivity index (χ4n) is 1.45. The Bertz CT molecular complexity index is 399. The van der Waals surface area contributed by atoms with E-state index in [-0.39, 0.29) is 11.7 Å². The van der Waals surface area contributed by atoms with Crippen LogP contribution >= 0.6 is 0 Å². The summed E-state index contributed by atoms with van der Waals surface area (Å²) in [6, 6.07) is 4.57. The van der Waals surface area contributed by atoms with Crippen LogP contribution < -0.4 is 10.1 Å². The van der Waals surface area contributed by atoms with Crippen molar-refractivity contribution in [1.82, 2.24) is 5.32 Å². The van der Waals surface area contributed by atoms with Gasteiger partial charge in [0.25, 0.3) is 5.91 Å². The van der Waals surface area contributed by atoms with E-state index in [0.29, 0.717) is 23.8 Å².